The van der Waals surface area contributed by atoms with Crippen LogP contribution in [0, 0.1) is 0 Å². The average molecular weight is 286 g/mol. The van der Waals surface area contributed by atoms with Crippen molar-refractivity contribution in [3.8, 4) is 0 Å². The van der Waals surface area contributed by atoms with Crippen molar-refractivity contribution < 1.29 is 0 Å². The van der Waals surface area contributed by atoms with Gasteiger partial charge < -0.3 is 10.2 Å². The van der Waals surface area contributed by atoms with E-state index >= 15 is 0 Å². The number of hydrogen-bond donors (Lipinski definition) is 1. The van der Waals surface area contributed by atoms with E-state index in [2.05, 4.69) is 41.5 Å². The molecule has 0 heterocycles. The third kappa shape index (κ3) is 3.87. The molecule has 0 spiro atoms. The highest BCUT2D eigenvalue weighted by atomic mass is 15.1. The Morgan fingerprint density at radius 2 is 1.90 bits per heavy atom. The van der Waals surface area contributed by atoms with Gasteiger partial charge in [-0.25, -0.2) is 0 Å². The molecule has 1 N–H and O–H groups in total. The number of aryl methyl sites for hydroxylation is 1. The topological polar surface area (TPSA) is 15.3 Å². The average Bonchev–Trinajstić information content (AvgIpc) is 3.06. The van der Waals surface area contributed by atoms with Gasteiger partial charge in [0.15, 0.2) is 0 Å². The Morgan fingerprint density at radius 3 is 2.76 bits per heavy atom. The molecule has 0 radical (unpaired) electrons. The zero-order valence-corrected chi connectivity index (χ0v) is 13.5. The van der Waals surface area contributed by atoms with Crippen LogP contribution in [0.15, 0.2) is 24.3 Å². The summed E-state index contributed by atoms with van der Waals surface area (Å²) in [5.41, 5.74) is 3.18. The predicted octanol–water partition coefficient (Wildman–Crippen LogP) is 3.57. The highest BCUT2D eigenvalue weighted by molar-refractivity contribution is 5.32. The van der Waals surface area contributed by atoms with E-state index in [9.17, 15) is 0 Å². The van der Waals surface area contributed by atoms with Gasteiger partial charge in [-0.3, -0.25) is 0 Å². The fourth-order valence-electron chi connectivity index (χ4n) is 4.13. The van der Waals surface area contributed by atoms with Crippen LogP contribution in [0.1, 0.15) is 55.6 Å². The molecule has 1 unspecified atom stereocenters. The Kier molecular flexibility index (Phi) is 5.32. The Labute approximate surface area is 129 Å². The van der Waals surface area contributed by atoms with Gasteiger partial charge in [0.1, 0.15) is 0 Å². The van der Waals surface area contributed by atoms with Crippen LogP contribution < -0.4 is 5.32 Å². The molecule has 1 saturated carbocycles. The molecule has 2 aliphatic rings. The summed E-state index contributed by atoms with van der Waals surface area (Å²) in [5, 5.41) is 3.71. The molecule has 0 aromatic heterocycles. The fourth-order valence-corrected chi connectivity index (χ4v) is 4.13. The summed E-state index contributed by atoms with van der Waals surface area (Å²) in [7, 11) is 2.30. The second-order valence-corrected chi connectivity index (χ2v) is 6.91. The zero-order chi connectivity index (χ0) is 14.5. The SMILES string of the molecule is CN(CCNCC1CCCc2ccccc21)C1CCCC1. The number of rotatable bonds is 6. The smallest absolute Gasteiger partial charge is 0.0107 e. The van der Waals surface area contributed by atoms with Crippen LogP contribution in [0.4, 0.5) is 0 Å². The van der Waals surface area contributed by atoms with Crippen LogP contribution in [0.5, 0.6) is 0 Å². The number of nitrogens with one attached hydrogen (secondary N) is 1. The molecule has 2 heteroatoms. The van der Waals surface area contributed by atoms with E-state index in [-0.39, 0.29) is 0 Å². The van der Waals surface area contributed by atoms with Gasteiger partial charge in [-0.2, -0.15) is 0 Å². The van der Waals surface area contributed by atoms with Crippen LogP contribution in [0.2, 0.25) is 0 Å². The van der Waals surface area contributed by atoms with E-state index in [0.29, 0.717) is 0 Å². The molecule has 0 amide bonds. The summed E-state index contributed by atoms with van der Waals surface area (Å²) < 4.78 is 0. The van der Waals surface area contributed by atoms with Crippen LogP contribution in [0.25, 0.3) is 0 Å². The number of nitrogens with zero attached hydrogens (tertiary/aromatic N) is 1. The van der Waals surface area contributed by atoms with Gasteiger partial charge in [0.25, 0.3) is 0 Å². The normalized spacial score (nSPS) is 22.7. The molecular weight excluding hydrogens is 256 g/mol. The first-order valence-electron chi connectivity index (χ1n) is 8.83. The first-order chi connectivity index (χ1) is 10.3. The van der Waals surface area contributed by atoms with E-state index in [0.717, 1.165) is 25.0 Å². The molecule has 116 valence electrons. The number of hydrogen-bond acceptors (Lipinski definition) is 2. The van der Waals surface area contributed by atoms with Crippen LogP contribution >= 0.6 is 0 Å². The van der Waals surface area contributed by atoms with Crippen molar-refractivity contribution in [2.24, 2.45) is 0 Å². The van der Waals surface area contributed by atoms with E-state index in [4.69, 9.17) is 0 Å². The largest absolute Gasteiger partial charge is 0.315 e. The minimum absolute atomic E-state index is 0.728. The first kappa shape index (κ1) is 15.1. The van der Waals surface area contributed by atoms with Gasteiger partial charge >= 0.3 is 0 Å². The monoisotopic (exact) mass is 286 g/mol. The Hall–Kier alpha value is -0.860. The van der Waals surface area contributed by atoms with Crippen LogP contribution in [-0.2, 0) is 6.42 Å². The van der Waals surface area contributed by atoms with E-state index in [1.54, 1.807) is 11.1 Å². The maximum Gasteiger partial charge on any atom is 0.0107 e. The minimum atomic E-state index is 0.728. The van der Waals surface area contributed by atoms with Gasteiger partial charge in [-0.15, -0.1) is 0 Å². The number of fused-ring (bicyclic) bond motifs is 1. The number of likely N-dealkylation sites (N-methyl/N-ethyl adjacent to an activating group) is 1. The van der Waals surface area contributed by atoms with Crippen molar-refractivity contribution >= 4 is 0 Å². The summed E-state index contributed by atoms with van der Waals surface area (Å²) in [6.45, 7) is 3.47. The predicted molar refractivity (Wildman–Crippen MR) is 89.9 cm³/mol. The van der Waals surface area contributed by atoms with Crippen molar-refractivity contribution in [3.63, 3.8) is 0 Å². The fraction of sp³-hybridized carbons (Fsp3) is 0.684. The Balaban J connectivity index is 1.42. The highest BCUT2D eigenvalue weighted by Gasteiger charge is 2.20. The van der Waals surface area contributed by atoms with E-state index in [1.807, 2.05) is 0 Å². The molecule has 0 saturated heterocycles. The molecular formula is C19H30N2. The van der Waals surface area contributed by atoms with Gasteiger partial charge in [-0.1, -0.05) is 37.1 Å². The Bertz CT molecular complexity index is 437. The molecule has 2 aliphatic carbocycles. The van der Waals surface area contributed by atoms with E-state index in [1.165, 1.54) is 51.5 Å². The second kappa shape index (κ2) is 7.42. The van der Waals surface area contributed by atoms with Crippen LogP contribution in [-0.4, -0.2) is 37.6 Å². The van der Waals surface area contributed by atoms with Gasteiger partial charge in [0, 0.05) is 25.7 Å². The third-order valence-corrected chi connectivity index (χ3v) is 5.47. The van der Waals surface area contributed by atoms with Crippen molar-refractivity contribution in [1.82, 2.24) is 10.2 Å². The molecule has 1 fully saturated rings. The lowest BCUT2D eigenvalue weighted by molar-refractivity contribution is 0.245. The molecule has 1 aromatic rings. The molecule has 3 rings (SSSR count). The zero-order valence-electron chi connectivity index (χ0n) is 13.5. The van der Waals surface area contributed by atoms with Gasteiger partial charge in [0.05, 0.1) is 0 Å². The lowest BCUT2D eigenvalue weighted by Crippen LogP contribution is -2.36. The van der Waals surface area contributed by atoms with Crippen molar-refractivity contribution in [1.29, 1.82) is 0 Å². The quantitative estimate of drug-likeness (QED) is 0.804. The third-order valence-electron chi connectivity index (χ3n) is 5.47. The summed E-state index contributed by atoms with van der Waals surface area (Å²) in [6.07, 6.45) is 9.66. The molecule has 2 nitrogen and oxygen atoms in total. The van der Waals surface area contributed by atoms with Crippen LogP contribution in [0.3, 0.4) is 0 Å². The summed E-state index contributed by atoms with van der Waals surface area (Å²) in [4.78, 5) is 2.56. The summed E-state index contributed by atoms with van der Waals surface area (Å²) in [5.74, 6) is 0.728. The lowest BCUT2D eigenvalue weighted by Gasteiger charge is -2.27. The Morgan fingerprint density at radius 1 is 1.10 bits per heavy atom. The molecule has 1 aromatic carbocycles. The lowest BCUT2D eigenvalue weighted by atomic mass is 9.83. The summed E-state index contributed by atoms with van der Waals surface area (Å²) in [6, 6.07) is 9.89. The second-order valence-electron chi connectivity index (χ2n) is 6.91. The molecule has 0 bridgehead atoms. The highest BCUT2D eigenvalue weighted by Crippen LogP contribution is 2.30. The maximum atomic E-state index is 3.71. The molecule has 0 aliphatic heterocycles. The van der Waals surface area contributed by atoms with Crippen molar-refractivity contribution in [2.75, 3.05) is 26.7 Å². The number of benzene rings is 1. The maximum absolute atomic E-state index is 3.71. The van der Waals surface area contributed by atoms with E-state index < -0.39 is 0 Å². The first-order valence-corrected chi connectivity index (χ1v) is 8.83. The standard InChI is InChI=1S/C19H30N2/c1-21(18-10-3-4-11-18)14-13-20-15-17-9-6-8-16-7-2-5-12-19(16)17/h2,5,7,12,17-18,20H,3-4,6,8-11,13-15H2,1H3. The molecule has 21 heavy (non-hydrogen) atoms. The molecule has 1 atom stereocenters. The van der Waals surface area contributed by atoms with Gasteiger partial charge in [-0.05, 0) is 56.2 Å². The minimum Gasteiger partial charge on any atom is -0.315 e. The summed E-state index contributed by atoms with van der Waals surface area (Å²) >= 11 is 0. The van der Waals surface area contributed by atoms with Gasteiger partial charge in [0.2, 0.25) is 0 Å². The van der Waals surface area contributed by atoms with Crippen molar-refractivity contribution in [3.05, 3.63) is 35.4 Å². The van der Waals surface area contributed by atoms with Crippen molar-refractivity contribution in [2.45, 2.75) is 56.9 Å².